The lowest BCUT2D eigenvalue weighted by atomic mass is 10.1. The molecular formula is C13H21ClN4O2. The molecule has 0 saturated carbocycles. The van der Waals surface area contributed by atoms with Crippen LogP contribution in [0, 0.1) is 0 Å². The number of ether oxygens (including phenoxy) is 1. The summed E-state index contributed by atoms with van der Waals surface area (Å²) < 4.78 is 5.43. The van der Waals surface area contributed by atoms with E-state index >= 15 is 0 Å². The lowest BCUT2D eigenvalue weighted by Gasteiger charge is -2.28. The summed E-state index contributed by atoms with van der Waals surface area (Å²) in [7, 11) is 0. The molecule has 2 heterocycles. The molecule has 0 radical (unpaired) electrons. The van der Waals surface area contributed by atoms with Crippen molar-refractivity contribution in [2.45, 2.75) is 45.1 Å². The third-order valence-corrected chi connectivity index (χ3v) is 3.52. The number of hydrogen-bond acceptors (Lipinski definition) is 6. The second-order valence-corrected chi connectivity index (χ2v) is 5.25. The van der Waals surface area contributed by atoms with Crippen LogP contribution in [0.4, 0.5) is 5.95 Å². The molecule has 0 spiro atoms. The molecule has 1 fully saturated rings. The Morgan fingerprint density at radius 1 is 1.30 bits per heavy atom. The van der Waals surface area contributed by atoms with Gasteiger partial charge in [-0.15, -0.1) is 0 Å². The van der Waals surface area contributed by atoms with Crippen LogP contribution in [0.25, 0.3) is 0 Å². The van der Waals surface area contributed by atoms with Crippen LogP contribution in [0.3, 0.4) is 0 Å². The molecule has 1 aromatic heterocycles. The molecule has 1 saturated heterocycles. The highest BCUT2D eigenvalue weighted by Crippen LogP contribution is 2.23. The zero-order chi connectivity index (χ0) is 14.4. The Labute approximate surface area is 124 Å². The number of nitrogens with zero attached hydrogens (tertiary/aromatic N) is 4. The third kappa shape index (κ3) is 3.93. The molecule has 0 aliphatic carbocycles. The molecule has 1 aliphatic heterocycles. The number of rotatable bonds is 5. The fourth-order valence-corrected chi connectivity index (χ4v) is 2.49. The van der Waals surface area contributed by atoms with E-state index in [9.17, 15) is 5.11 Å². The molecule has 0 amide bonds. The molecule has 20 heavy (non-hydrogen) atoms. The van der Waals surface area contributed by atoms with Crippen molar-refractivity contribution in [3.8, 4) is 6.01 Å². The highest BCUT2D eigenvalue weighted by atomic mass is 35.5. The van der Waals surface area contributed by atoms with Gasteiger partial charge in [-0.25, -0.2) is 0 Å². The first-order valence-electron chi connectivity index (χ1n) is 7.16. The van der Waals surface area contributed by atoms with Crippen molar-refractivity contribution in [2.24, 2.45) is 0 Å². The predicted molar refractivity (Wildman–Crippen MR) is 77.3 cm³/mol. The topological polar surface area (TPSA) is 71.4 Å². The first kappa shape index (κ1) is 15.3. The van der Waals surface area contributed by atoms with Crippen molar-refractivity contribution in [3.05, 3.63) is 5.28 Å². The summed E-state index contributed by atoms with van der Waals surface area (Å²) in [5.74, 6) is 0.497. The zero-order valence-corrected chi connectivity index (χ0v) is 12.5. The van der Waals surface area contributed by atoms with Gasteiger partial charge in [0.25, 0.3) is 0 Å². The lowest BCUT2D eigenvalue weighted by Crippen LogP contribution is -2.38. The number of aliphatic hydroxyl groups excluding tert-OH is 1. The van der Waals surface area contributed by atoms with Gasteiger partial charge in [0.05, 0.1) is 19.3 Å². The van der Waals surface area contributed by atoms with Gasteiger partial charge >= 0.3 is 6.01 Å². The summed E-state index contributed by atoms with van der Waals surface area (Å²) in [6.07, 6.45) is 5.14. The average molecular weight is 301 g/mol. The molecule has 1 unspecified atom stereocenters. The van der Waals surface area contributed by atoms with Crippen molar-refractivity contribution in [1.82, 2.24) is 15.0 Å². The molecular weight excluding hydrogens is 280 g/mol. The van der Waals surface area contributed by atoms with E-state index in [1.54, 1.807) is 0 Å². The molecule has 112 valence electrons. The maximum Gasteiger partial charge on any atom is 0.322 e. The van der Waals surface area contributed by atoms with Crippen molar-refractivity contribution in [2.75, 3.05) is 24.7 Å². The Kier molecular flexibility index (Phi) is 5.79. The van der Waals surface area contributed by atoms with Gasteiger partial charge in [-0.3, -0.25) is 0 Å². The van der Waals surface area contributed by atoms with Gasteiger partial charge in [-0.2, -0.15) is 15.0 Å². The van der Waals surface area contributed by atoms with Crippen LogP contribution in [0.2, 0.25) is 5.28 Å². The van der Waals surface area contributed by atoms with E-state index in [-0.39, 0.29) is 23.9 Å². The minimum Gasteiger partial charge on any atom is -0.463 e. The molecule has 6 nitrogen and oxygen atoms in total. The lowest BCUT2D eigenvalue weighted by molar-refractivity contribution is 0.253. The Hall–Kier alpha value is -1.14. The quantitative estimate of drug-likeness (QED) is 0.897. The summed E-state index contributed by atoms with van der Waals surface area (Å²) in [5.41, 5.74) is 0. The molecule has 1 N–H and O–H groups in total. The minimum atomic E-state index is 0.0370. The second kappa shape index (κ2) is 7.59. The van der Waals surface area contributed by atoms with Crippen LogP contribution >= 0.6 is 11.6 Å². The Bertz CT molecular complexity index is 433. The van der Waals surface area contributed by atoms with Gasteiger partial charge in [0.15, 0.2) is 0 Å². The Morgan fingerprint density at radius 2 is 2.15 bits per heavy atom. The van der Waals surface area contributed by atoms with Gasteiger partial charge in [-0.1, -0.05) is 19.8 Å². The maximum atomic E-state index is 9.55. The van der Waals surface area contributed by atoms with Crippen LogP contribution in [0.1, 0.15) is 39.0 Å². The first-order valence-corrected chi connectivity index (χ1v) is 7.54. The first-order chi connectivity index (χ1) is 9.74. The number of hydrogen-bond donors (Lipinski definition) is 1. The minimum absolute atomic E-state index is 0.0370. The summed E-state index contributed by atoms with van der Waals surface area (Å²) in [6, 6.07) is 0.290. The standard InChI is InChI=1S/C13H21ClN4O2/c1-2-8-20-13-16-11(14)15-12(17-13)18-7-5-3-4-6-10(18)9-19/h10,19H,2-9H2,1H3. The van der Waals surface area contributed by atoms with Crippen molar-refractivity contribution < 1.29 is 9.84 Å². The molecule has 1 atom stereocenters. The molecule has 0 aromatic carbocycles. The molecule has 0 bridgehead atoms. The highest BCUT2D eigenvalue weighted by Gasteiger charge is 2.24. The van der Waals surface area contributed by atoms with Gasteiger partial charge in [0.2, 0.25) is 11.2 Å². The predicted octanol–water partition coefficient (Wildman–Crippen LogP) is 2.06. The van der Waals surface area contributed by atoms with E-state index < -0.39 is 0 Å². The van der Waals surface area contributed by atoms with Gasteiger partial charge in [-0.05, 0) is 30.9 Å². The normalized spacial score (nSPS) is 19.8. The van der Waals surface area contributed by atoms with E-state index in [0.29, 0.717) is 12.6 Å². The molecule has 7 heteroatoms. The summed E-state index contributed by atoms with van der Waals surface area (Å²) in [4.78, 5) is 14.5. The van der Waals surface area contributed by atoms with Gasteiger partial charge in [0.1, 0.15) is 0 Å². The Balaban J connectivity index is 2.22. The summed E-state index contributed by atoms with van der Waals surface area (Å²) >= 11 is 5.95. The molecule has 2 rings (SSSR count). The van der Waals surface area contributed by atoms with Crippen LogP contribution in [0.15, 0.2) is 0 Å². The molecule has 1 aliphatic rings. The number of halogens is 1. The summed E-state index contributed by atoms with van der Waals surface area (Å²) in [6.45, 7) is 3.47. The smallest absolute Gasteiger partial charge is 0.322 e. The van der Waals surface area contributed by atoms with E-state index in [1.807, 2.05) is 11.8 Å². The second-order valence-electron chi connectivity index (χ2n) is 4.91. The number of anilines is 1. The van der Waals surface area contributed by atoms with Crippen molar-refractivity contribution >= 4 is 17.5 Å². The van der Waals surface area contributed by atoms with E-state index in [1.165, 1.54) is 0 Å². The van der Waals surface area contributed by atoms with E-state index in [4.69, 9.17) is 16.3 Å². The maximum absolute atomic E-state index is 9.55. The van der Waals surface area contributed by atoms with Crippen molar-refractivity contribution in [3.63, 3.8) is 0 Å². The average Bonchev–Trinajstić information content (AvgIpc) is 2.69. The summed E-state index contributed by atoms with van der Waals surface area (Å²) in [5, 5.41) is 9.68. The fraction of sp³-hybridized carbons (Fsp3) is 0.769. The highest BCUT2D eigenvalue weighted by molar-refractivity contribution is 6.28. The fourth-order valence-electron chi connectivity index (χ4n) is 2.34. The van der Waals surface area contributed by atoms with Gasteiger partial charge < -0.3 is 14.7 Å². The zero-order valence-electron chi connectivity index (χ0n) is 11.8. The number of aliphatic hydroxyl groups is 1. The SMILES string of the molecule is CCCOc1nc(Cl)nc(N2CCCCCC2CO)n1. The van der Waals surface area contributed by atoms with E-state index in [2.05, 4.69) is 15.0 Å². The monoisotopic (exact) mass is 300 g/mol. The van der Waals surface area contributed by atoms with Crippen LogP contribution < -0.4 is 9.64 Å². The number of aromatic nitrogens is 3. The van der Waals surface area contributed by atoms with Crippen LogP contribution in [-0.4, -0.2) is 45.9 Å². The Morgan fingerprint density at radius 3 is 2.90 bits per heavy atom. The van der Waals surface area contributed by atoms with E-state index in [0.717, 1.165) is 38.6 Å². The molecule has 1 aromatic rings. The van der Waals surface area contributed by atoms with Crippen molar-refractivity contribution in [1.29, 1.82) is 0 Å². The van der Waals surface area contributed by atoms with Crippen LogP contribution in [-0.2, 0) is 0 Å². The van der Waals surface area contributed by atoms with Gasteiger partial charge in [0, 0.05) is 6.54 Å². The largest absolute Gasteiger partial charge is 0.463 e. The third-order valence-electron chi connectivity index (χ3n) is 3.36. The van der Waals surface area contributed by atoms with Crippen LogP contribution in [0.5, 0.6) is 6.01 Å².